The summed E-state index contributed by atoms with van der Waals surface area (Å²) < 4.78 is 22.1. The Morgan fingerprint density at radius 3 is 2.75 bits per heavy atom. The molecule has 3 rings (SSSR count). The van der Waals surface area contributed by atoms with E-state index in [4.69, 9.17) is 16.0 Å². The fourth-order valence-electron chi connectivity index (χ4n) is 2.33. The number of imidazole rings is 1. The molecule has 14 heteroatoms. The molecule has 5 atom stereocenters. The van der Waals surface area contributed by atoms with Crippen LogP contribution < -0.4 is 45.7 Å². The van der Waals surface area contributed by atoms with Crippen LogP contribution in [0, 0.1) is 0 Å². The maximum absolute atomic E-state index is 10.8. The minimum absolute atomic E-state index is 0. The predicted octanol–water partition coefficient (Wildman–Crippen LogP) is -5.52. The van der Waals surface area contributed by atoms with Crippen LogP contribution in [-0.4, -0.2) is 54.7 Å². The Morgan fingerprint density at radius 1 is 1.38 bits per heavy atom. The van der Waals surface area contributed by atoms with Crippen LogP contribution in [0.15, 0.2) is 12.7 Å². The fraction of sp³-hybridized carbons (Fsp3) is 0.500. The minimum Gasteiger partial charge on any atom is -0.766 e. The maximum atomic E-state index is 10.8. The normalized spacial score (nSPS) is 29.3. The van der Waals surface area contributed by atoms with E-state index in [1.54, 1.807) is 0 Å². The second-order valence-corrected chi connectivity index (χ2v) is 6.30. The van der Waals surface area contributed by atoms with Gasteiger partial charge in [-0.3, -0.25) is 14.6 Å². The second kappa shape index (κ2) is 7.30. The van der Waals surface area contributed by atoms with E-state index in [9.17, 15) is 19.7 Å². The smallest absolute Gasteiger partial charge is 0.766 e. The molecule has 0 amide bonds. The molecule has 1 fully saturated rings. The van der Waals surface area contributed by atoms with Crippen molar-refractivity contribution >= 4 is 24.7 Å². The first-order valence-electron chi connectivity index (χ1n) is 6.46. The third kappa shape index (κ3) is 3.78. The van der Waals surface area contributed by atoms with E-state index in [1.807, 2.05) is 0 Å². The molecule has 0 aliphatic carbocycles. The number of ether oxygens (including phenoxy) is 1. The van der Waals surface area contributed by atoms with Gasteiger partial charge in [-0.05, 0) is 0 Å². The number of hydrogen-bond acceptors (Lipinski definition) is 10. The van der Waals surface area contributed by atoms with Crippen LogP contribution in [0.5, 0.6) is 0 Å². The van der Waals surface area contributed by atoms with Gasteiger partial charge in [0.2, 0.25) is 7.75 Å². The summed E-state index contributed by atoms with van der Waals surface area (Å²) in [6, 6.07) is 0. The number of nitrogens with two attached hydrogens (primary N) is 2. The first-order valence-corrected chi connectivity index (χ1v) is 8.08. The van der Waals surface area contributed by atoms with Crippen molar-refractivity contribution < 1.29 is 58.5 Å². The van der Waals surface area contributed by atoms with Crippen LogP contribution in [0.1, 0.15) is 6.23 Å². The number of fused-ring (bicyclic) bond motifs is 1. The second-order valence-electron chi connectivity index (χ2n) is 4.96. The van der Waals surface area contributed by atoms with E-state index < -0.39 is 38.9 Å². The van der Waals surface area contributed by atoms with Gasteiger partial charge in [-0.1, -0.05) is 0 Å². The molecular weight excluding hydrogens is 354 g/mol. The number of aliphatic hydroxyl groups excluding tert-OH is 2. The van der Waals surface area contributed by atoms with Crippen molar-refractivity contribution in [2.24, 2.45) is 5.50 Å². The van der Waals surface area contributed by atoms with Crippen LogP contribution in [0.25, 0.3) is 11.2 Å². The largest absolute Gasteiger partial charge is 1.00 e. The molecule has 1 aliphatic heterocycles. The van der Waals surface area contributed by atoms with Gasteiger partial charge in [0.15, 0.2) is 17.7 Å². The number of nitrogens with zero attached hydrogens (tertiary/aromatic N) is 4. The van der Waals surface area contributed by atoms with Crippen molar-refractivity contribution in [2.75, 3.05) is 12.3 Å². The molecule has 12 nitrogen and oxygen atoms in total. The summed E-state index contributed by atoms with van der Waals surface area (Å²) in [4.78, 5) is 22.7. The van der Waals surface area contributed by atoms with Crippen molar-refractivity contribution in [1.82, 2.24) is 19.5 Å². The molecule has 0 bridgehead atoms. The Morgan fingerprint density at radius 2 is 2.08 bits per heavy atom. The van der Waals surface area contributed by atoms with E-state index in [2.05, 4.69) is 19.5 Å². The zero-order valence-electron chi connectivity index (χ0n) is 12.6. The summed E-state index contributed by atoms with van der Waals surface area (Å²) in [5.74, 6) is 0.150. The first kappa shape index (κ1) is 19.7. The number of aliphatic hydroxyl groups is 2. The summed E-state index contributed by atoms with van der Waals surface area (Å²) in [7, 11) is -4.47. The van der Waals surface area contributed by atoms with Gasteiger partial charge < -0.3 is 30.1 Å². The molecule has 1 unspecified atom stereocenters. The summed E-state index contributed by atoms with van der Waals surface area (Å²) in [6.07, 6.45) is -2.36. The topological polar surface area (TPSA) is 195 Å². The van der Waals surface area contributed by atoms with Gasteiger partial charge in [-0.2, -0.15) is 0 Å². The van der Waals surface area contributed by atoms with Crippen molar-refractivity contribution in [1.29, 1.82) is 0 Å². The van der Waals surface area contributed by atoms with Gasteiger partial charge in [0, 0.05) is 0 Å². The average Bonchev–Trinajstić information content (AvgIpc) is 3.01. The van der Waals surface area contributed by atoms with Crippen molar-refractivity contribution in [3.8, 4) is 0 Å². The van der Waals surface area contributed by atoms with Crippen molar-refractivity contribution in [3.05, 3.63) is 12.7 Å². The Balaban J connectivity index is 0.00000208. The van der Waals surface area contributed by atoms with Crippen LogP contribution in [0.3, 0.4) is 0 Å². The molecule has 126 valence electrons. The monoisotopic (exact) mass is 368 g/mol. The molecule has 2 aromatic heterocycles. The van der Waals surface area contributed by atoms with Gasteiger partial charge in [0.05, 0.1) is 12.9 Å². The Bertz CT molecular complexity index is 769. The van der Waals surface area contributed by atoms with Crippen LogP contribution in [0.4, 0.5) is 5.82 Å². The van der Waals surface area contributed by atoms with Crippen LogP contribution >= 0.6 is 7.75 Å². The van der Waals surface area contributed by atoms with Gasteiger partial charge in [-0.25, -0.2) is 15.0 Å². The Labute approximate surface area is 157 Å². The molecule has 6 N–H and O–H groups in total. The number of hydrogen-bond donors (Lipinski definition) is 4. The third-order valence-electron chi connectivity index (χ3n) is 3.42. The molecule has 1 saturated heterocycles. The van der Waals surface area contributed by atoms with Crippen molar-refractivity contribution in [3.63, 3.8) is 0 Å². The molecule has 1 aliphatic rings. The fourth-order valence-corrected chi connectivity index (χ4v) is 2.68. The minimum atomic E-state index is -4.47. The zero-order valence-corrected chi connectivity index (χ0v) is 15.5. The van der Waals surface area contributed by atoms with E-state index in [1.165, 1.54) is 17.2 Å². The summed E-state index contributed by atoms with van der Waals surface area (Å²) in [6.45, 7) is -0.532. The van der Waals surface area contributed by atoms with Crippen LogP contribution in [0.2, 0.25) is 0 Å². The molecule has 0 saturated carbocycles. The van der Waals surface area contributed by atoms with Gasteiger partial charge >= 0.3 is 29.6 Å². The summed E-state index contributed by atoms with van der Waals surface area (Å²) in [5, 5.41) is 20.1. The first-order chi connectivity index (χ1) is 10.8. The number of aromatic nitrogens is 4. The quantitative estimate of drug-likeness (QED) is 0.297. The summed E-state index contributed by atoms with van der Waals surface area (Å²) in [5.41, 5.74) is 11.0. The SMILES string of the molecule is Nc1ncnc2c1ncn2[C@@H]1O[C@H](COP(N)(=O)[O-])[C@@H](O)[C@H]1O.[Na+]. The zero-order chi connectivity index (χ0) is 16.8. The van der Waals surface area contributed by atoms with E-state index in [0.717, 1.165) is 0 Å². The Kier molecular flexibility index (Phi) is 5.98. The molecular formula is C10H14N6NaO6P. The number of anilines is 1. The number of nitrogen functional groups attached to an aromatic ring is 1. The van der Waals surface area contributed by atoms with Crippen molar-refractivity contribution in [2.45, 2.75) is 24.5 Å². The average molecular weight is 368 g/mol. The standard InChI is InChI=1S/C10H15N6O6P.Na/c11-8-5-9(14-2-13-8)16(3-15-5)10-7(18)6(17)4(22-10)1-21-23(12,19)20;/h2-4,6-7,10,17-18H,1H2,(H2,11,13,14)(H3,12,19,20);/q;+1/p-1/t4-,6-,7-,10-;/m1./s1. The van der Waals surface area contributed by atoms with E-state index in [0.29, 0.717) is 11.2 Å². The summed E-state index contributed by atoms with van der Waals surface area (Å²) >= 11 is 0. The molecule has 0 spiro atoms. The van der Waals surface area contributed by atoms with Gasteiger partial charge in [-0.15, -0.1) is 0 Å². The number of rotatable bonds is 4. The van der Waals surface area contributed by atoms with Gasteiger partial charge in [0.25, 0.3) is 0 Å². The molecule has 24 heavy (non-hydrogen) atoms. The molecule has 0 aromatic carbocycles. The maximum Gasteiger partial charge on any atom is 1.00 e. The predicted molar refractivity (Wildman–Crippen MR) is 73.4 cm³/mol. The van der Waals surface area contributed by atoms with Crippen LogP contribution in [-0.2, 0) is 13.8 Å². The van der Waals surface area contributed by atoms with E-state index >= 15 is 0 Å². The Hall–Kier alpha value is -0.660. The molecule has 0 radical (unpaired) electrons. The van der Waals surface area contributed by atoms with Gasteiger partial charge in [0.1, 0.15) is 30.2 Å². The van der Waals surface area contributed by atoms with E-state index in [-0.39, 0.29) is 35.4 Å². The molecule has 3 heterocycles. The third-order valence-corrected chi connectivity index (χ3v) is 3.93. The molecule has 2 aromatic rings.